The summed E-state index contributed by atoms with van der Waals surface area (Å²) >= 11 is 0. The van der Waals surface area contributed by atoms with E-state index in [-0.39, 0.29) is 12.6 Å². The molecule has 21 heavy (non-hydrogen) atoms. The molecule has 1 aliphatic rings. The molecule has 0 fully saturated rings. The molecule has 2 rings (SSSR count). The van der Waals surface area contributed by atoms with Crippen molar-refractivity contribution in [2.45, 2.75) is 0 Å². The van der Waals surface area contributed by atoms with E-state index in [0.717, 1.165) is 0 Å². The fourth-order valence-electron chi connectivity index (χ4n) is 2.08. The van der Waals surface area contributed by atoms with Gasteiger partial charge in [-0.2, -0.15) is 0 Å². The van der Waals surface area contributed by atoms with Crippen LogP contribution in [-0.4, -0.2) is 64.5 Å². The third-order valence-corrected chi connectivity index (χ3v) is 3.29. The van der Waals surface area contributed by atoms with Crippen molar-refractivity contribution in [2.24, 2.45) is 0 Å². The number of hydrogen-bond acceptors (Lipinski definition) is 6. The van der Waals surface area contributed by atoms with Crippen LogP contribution in [0.1, 0.15) is 10.4 Å². The Balaban J connectivity index is 1.97. The quantitative estimate of drug-likeness (QED) is 0.638. The summed E-state index contributed by atoms with van der Waals surface area (Å²) in [4.78, 5) is 14.4. The molecule has 0 aliphatic carbocycles. The summed E-state index contributed by atoms with van der Waals surface area (Å²) in [5.41, 5.74) is 0.624. The number of rotatable bonds is 9. The van der Waals surface area contributed by atoms with E-state index in [4.69, 9.17) is 18.9 Å². The predicted octanol–water partition coefficient (Wildman–Crippen LogP) is 1.19. The molecule has 0 radical (unpaired) electrons. The average molecular weight is 295 g/mol. The molecule has 0 unspecified atom stereocenters. The molecule has 1 aromatic carbocycles. The van der Waals surface area contributed by atoms with Gasteiger partial charge in [-0.05, 0) is 18.2 Å². The van der Waals surface area contributed by atoms with Crippen molar-refractivity contribution in [3.05, 3.63) is 23.8 Å². The first-order chi connectivity index (χ1) is 10.2. The number of benzene rings is 1. The standard InChI is InChI=1S/C15H21NO5/c1-18-7-5-16(6-8-19-2)10-13(17)12-3-4-14-15(9-12)21-11-20-14/h3-4,9H,5-8,10-11H2,1-2H3. The molecule has 0 saturated carbocycles. The fraction of sp³-hybridized carbons (Fsp3) is 0.533. The van der Waals surface area contributed by atoms with E-state index in [0.29, 0.717) is 49.9 Å². The summed E-state index contributed by atoms with van der Waals surface area (Å²) in [5, 5.41) is 0. The Kier molecular flexibility index (Phi) is 5.98. The van der Waals surface area contributed by atoms with Crippen LogP contribution in [0.15, 0.2) is 18.2 Å². The van der Waals surface area contributed by atoms with Gasteiger partial charge in [0.2, 0.25) is 6.79 Å². The molecule has 0 N–H and O–H groups in total. The summed E-state index contributed by atoms with van der Waals surface area (Å²) < 4.78 is 20.7. The number of ketones is 1. The number of carbonyl (C=O) groups excluding carboxylic acids is 1. The van der Waals surface area contributed by atoms with Crippen LogP contribution in [0.25, 0.3) is 0 Å². The molecular weight excluding hydrogens is 274 g/mol. The summed E-state index contributed by atoms with van der Waals surface area (Å²) in [7, 11) is 3.29. The van der Waals surface area contributed by atoms with Crippen molar-refractivity contribution in [2.75, 3.05) is 53.9 Å². The second-order valence-electron chi connectivity index (χ2n) is 4.75. The zero-order valence-corrected chi connectivity index (χ0v) is 12.5. The predicted molar refractivity (Wildman–Crippen MR) is 77.1 cm³/mol. The number of hydrogen-bond donors (Lipinski definition) is 0. The zero-order chi connectivity index (χ0) is 15.1. The van der Waals surface area contributed by atoms with E-state index in [9.17, 15) is 4.79 Å². The topological polar surface area (TPSA) is 57.2 Å². The number of Topliss-reactive ketones (excluding diaryl/α,β-unsaturated/α-hetero) is 1. The van der Waals surface area contributed by atoms with E-state index < -0.39 is 0 Å². The van der Waals surface area contributed by atoms with Gasteiger partial charge in [-0.15, -0.1) is 0 Å². The second-order valence-corrected chi connectivity index (χ2v) is 4.75. The molecule has 1 aliphatic heterocycles. The molecule has 0 bridgehead atoms. The highest BCUT2D eigenvalue weighted by Gasteiger charge is 2.18. The molecule has 1 aromatic rings. The molecule has 0 atom stereocenters. The van der Waals surface area contributed by atoms with E-state index in [1.807, 2.05) is 4.90 Å². The lowest BCUT2D eigenvalue weighted by Gasteiger charge is -2.20. The molecule has 0 amide bonds. The van der Waals surface area contributed by atoms with E-state index >= 15 is 0 Å². The molecule has 6 nitrogen and oxygen atoms in total. The Bertz CT molecular complexity index is 469. The monoisotopic (exact) mass is 295 g/mol. The van der Waals surface area contributed by atoms with Crippen molar-refractivity contribution < 1.29 is 23.7 Å². The first-order valence-electron chi connectivity index (χ1n) is 6.87. The maximum Gasteiger partial charge on any atom is 0.231 e. The number of ether oxygens (including phenoxy) is 4. The third kappa shape index (κ3) is 4.42. The van der Waals surface area contributed by atoms with Gasteiger partial charge in [0.15, 0.2) is 17.3 Å². The second kappa shape index (κ2) is 7.97. The van der Waals surface area contributed by atoms with Crippen molar-refractivity contribution in [1.29, 1.82) is 0 Å². The van der Waals surface area contributed by atoms with E-state index in [2.05, 4.69) is 0 Å². The Morgan fingerprint density at radius 1 is 1.14 bits per heavy atom. The molecule has 6 heteroatoms. The van der Waals surface area contributed by atoms with Gasteiger partial charge in [0.25, 0.3) is 0 Å². The first kappa shape index (κ1) is 15.8. The van der Waals surface area contributed by atoms with Crippen LogP contribution >= 0.6 is 0 Å². The zero-order valence-electron chi connectivity index (χ0n) is 12.5. The lowest BCUT2D eigenvalue weighted by molar-refractivity contribution is 0.0836. The van der Waals surface area contributed by atoms with Gasteiger partial charge in [0.05, 0.1) is 19.8 Å². The summed E-state index contributed by atoms with van der Waals surface area (Å²) in [5.74, 6) is 1.35. The van der Waals surface area contributed by atoms with Gasteiger partial charge in [0, 0.05) is 32.9 Å². The average Bonchev–Trinajstić information content (AvgIpc) is 2.97. The van der Waals surface area contributed by atoms with Crippen molar-refractivity contribution in [1.82, 2.24) is 4.90 Å². The smallest absolute Gasteiger partial charge is 0.231 e. The lowest BCUT2D eigenvalue weighted by Crippen LogP contribution is -2.35. The Labute approximate surface area is 124 Å². The highest BCUT2D eigenvalue weighted by molar-refractivity contribution is 5.98. The largest absolute Gasteiger partial charge is 0.454 e. The van der Waals surface area contributed by atoms with E-state index in [1.54, 1.807) is 32.4 Å². The van der Waals surface area contributed by atoms with Gasteiger partial charge in [-0.1, -0.05) is 0 Å². The van der Waals surface area contributed by atoms with Crippen LogP contribution in [0.3, 0.4) is 0 Å². The van der Waals surface area contributed by atoms with Crippen molar-refractivity contribution >= 4 is 5.78 Å². The van der Waals surface area contributed by atoms with Crippen LogP contribution in [0.2, 0.25) is 0 Å². The Hall–Kier alpha value is -1.63. The van der Waals surface area contributed by atoms with Gasteiger partial charge >= 0.3 is 0 Å². The summed E-state index contributed by atoms with van der Waals surface area (Å²) in [6.07, 6.45) is 0. The molecular formula is C15H21NO5. The SMILES string of the molecule is COCCN(CCOC)CC(=O)c1ccc2c(c1)OCO2. The normalized spacial score (nSPS) is 12.9. The summed E-state index contributed by atoms with van der Waals surface area (Å²) in [6, 6.07) is 5.26. The highest BCUT2D eigenvalue weighted by atomic mass is 16.7. The molecule has 116 valence electrons. The van der Waals surface area contributed by atoms with Crippen LogP contribution in [-0.2, 0) is 9.47 Å². The van der Waals surface area contributed by atoms with Crippen LogP contribution in [0.4, 0.5) is 0 Å². The fourth-order valence-corrected chi connectivity index (χ4v) is 2.08. The Morgan fingerprint density at radius 2 is 1.81 bits per heavy atom. The van der Waals surface area contributed by atoms with Crippen LogP contribution < -0.4 is 9.47 Å². The number of carbonyl (C=O) groups is 1. The maximum absolute atomic E-state index is 12.4. The molecule has 0 aromatic heterocycles. The minimum absolute atomic E-state index is 0.0421. The van der Waals surface area contributed by atoms with Gasteiger partial charge in [-0.3, -0.25) is 9.69 Å². The maximum atomic E-state index is 12.4. The summed E-state index contributed by atoms with van der Waals surface area (Å²) in [6.45, 7) is 3.08. The van der Waals surface area contributed by atoms with Gasteiger partial charge in [-0.25, -0.2) is 0 Å². The van der Waals surface area contributed by atoms with Gasteiger partial charge < -0.3 is 18.9 Å². The number of methoxy groups -OCH3 is 2. The lowest BCUT2D eigenvalue weighted by atomic mass is 10.1. The van der Waals surface area contributed by atoms with Crippen LogP contribution in [0.5, 0.6) is 11.5 Å². The molecule has 0 saturated heterocycles. The number of nitrogens with zero attached hydrogens (tertiary/aromatic N) is 1. The minimum Gasteiger partial charge on any atom is -0.454 e. The minimum atomic E-state index is 0.0421. The third-order valence-electron chi connectivity index (χ3n) is 3.29. The first-order valence-corrected chi connectivity index (χ1v) is 6.87. The van der Waals surface area contributed by atoms with Crippen molar-refractivity contribution in [3.8, 4) is 11.5 Å². The Morgan fingerprint density at radius 3 is 2.48 bits per heavy atom. The highest BCUT2D eigenvalue weighted by Crippen LogP contribution is 2.32. The molecule has 0 spiro atoms. The van der Waals surface area contributed by atoms with Crippen LogP contribution in [0, 0.1) is 0 Å². The van der Waals surface area contributed by atoms with Gasteiger partial charge in [0.1, 0.15) is 0 Å². The number of fused-ring (bicyclic) bond motifs is 1. The van der Waals surface area contributed by atoms with E-state index in [1.165, 1.54) is 0 Å². The van der Waals surface area contributed by atoms with Crippen molar-refractivity contribution in [3.63, 3.8) is 0 Å². The molecule has 1 heterocycles.